The van der Waals surface area contributed by atoms with Crippen LogP contribution in [0.3, 0.4) is 0 Å². The van der Waals surface area contributed by atoms with Crippen LogP contribution in [-0.2, 0) is 27.2 Å². The molecule has 0 saturated carbocycles. The average Bonchev–Trinajstić information content (AvgIpc) is 3.38. The summed E-state index contributed by atoms with van der Waals surface area (Å²) in [5.74, 6) is -0.946. The molecule has 35 heavy (non-hydrogen) atoms. The maximum absolute atomic E-state index is 14.4. The summed E-state index contributed by atoms with van der Waals surface area (Å²) in [5.41, 5.74) is -0.359. The Morgan fingerprint density at radius 3 is 2.34 bits per heavy atom. The third-order valence-electron chi connectivity index (χ3n) is 7.50. The van der Waals surface area contributed by atoms with Crippen LogP contribution in [0.15, 0.2) is 30.3 Å². The van der Waals surface area contributed by atoms with E-state index >= 15 is 0 Å². The van der Waals surface area contributed by atoms with Crippen LogP contribution in [0.2, 0.25) is 10.0 Å². The van der Waals surface area contributed by atoms with E-state index in [1.54, 1.807) is 15.9 Å². The number of anilines is 1. The number of carbonyl (C=O) groups excluding carboxylic acids is 1. The number of hydrogen-bond donors (Lipinski definition) is 0. The summed E-state index contributed by atoms with van der Waals surface area (Å²) in [5, 5.41) is -0.861. The van der Waals surface area contributed by atoms with Gasteiger partial charge in [-0.2, -0.15) is 13.2 Å². The zero-order chi connectivity index (χ0) is 25.3. The van der Waals surface area contributed by atoms with E-state index in [1.807, 2.05) is 26.0 Å². The van der Waals surface area contributed by atoms with Crippen LogP contribution < -0.4 is 4.90 Å². The van der Waals surface area contributed by atoms with Crippen LogP contribution in [0.1, 0.15) is 37.0 Å². The molecule has 3 heterocycles. The first-order chi connectivity index (χ1) is 16.4. The van der Waals surface area contributed by atoms with Crippen molar-refractivity contribution in [1.82, 2.24) is 4.90 Å². The highest BCUT2D eigenvalue weighted by Crippen LogP contribution is 2.51. The summed E-state index contributed by atoms with van der Waals surface area (Å²) in [7, 11) is 0. The average molecular weight is 531 g/mol. The SMILES string of the molecule is CC(C)C(=O)N1CC2(C1)OCc1cc(N3CCC(c4cc(Cl)c(F)c(Cl)c4)(C(F)(F)F)C3)ccc12. The van der Waals surface area contributed by atoms with E-state index < -0.39 is 33.1 Å². The van der Waals surface area contributed by atoms with Crippen molar-refractivity contribution in [2.45, 2.75) is 44.1 Å². The van der Waals surface area contributed by atoms with Gasteiger partial charge in [0.2, 0.25) is 5.91 Å². The molecule has 3 aliphatic rings. The predicted molar refractivity (Wildman–Crippen MR) is 125 cm³/mol. The lowest BCUT2D eigenvalue weighted by Crippen LogP contribution is -2.61. The minimum atomic E-state index is -4.59. The smallest absolute Gasteiger partial charge is 0.370 e. The fourth-order valence-corrected chi connectivity index (χ4v) is 5.97. The van der Waals surface area contributed by atoms with Crippen LogP contribution in [0.4, 0.5) is 23.2 Å². The minimum absolute atomic E-state index is 0.0749. The molecular formula is C25H24Cl2F4N2O2. The topological polar surface area (TPSA) is 32.8 Å². The molecule has 10 heteroatoms. The van der Waals surface area contributed by atoms with Gasteiger partial charge < -0.3 is 14.5 Å². The largest absolute Gasteiger partial charge is 0.400 e. The third kappa shape index (κ3) is 3.80. The molecule has 1 amide bonds. The van der Waals surface area contributed by atoms with Crippen LogP contribution in [-0.4, -0.2) is 43.2 Å². The van der Waals surface area contributed by atoms with Crippen molar-refractivity contribution < 1.29 is 27.1 Å². The monoisotopic (exact) mass is 530 g/mol. The molecule has 4 nitrogen and oxygen atoms in total. The molecule has 2 aromatic rings. The minimum Gasteiger partial charge on any atom is -0.370 e. The molecule has 5 rings (SSSR count). The summed E-state index contributed by atoms with van der Waals surface area (Å²) in [4.78, 5) is 15.7. The van der Waals surface area contributed by atoms with Crippen molar-refractivity contribution in [2.75, 3.05) is 31.1 Å². The fourth-order valence-electron chi connectivity index (χ4n) is 5.48. The van der Waals surface area contributed by atoms with Crippen LogP contribution in [0.25, 0.3) is 0 Å². The lowest BCUT2D eigenvalue weighted by Gasteiger charge is -2.48. The van der Waals surface area contributed by atoms with E-state index in [9.17, 15) is 22.4 Å². The van der Waals surface area contributed by atoms with Gasteiger partial charge in [-0.05, 0) is 47.4 Å². The van der Waals surface area contributed by atoms with E-state index in [4.69, 9.17) is 27.9 Å². The quantitative estimate of drug-likeness (QED) is 0.356. The van der Waals surface area contributed by atoms with Crippen molar-refractivity contribution in [3.8, 4) is 0 Å². The maximum Gasteiger partial charge on any atom is 0.400 e. The molecule has 0 aromatic heterocycles. The Balaban J connectivity index is 1.41. The predicted octanol–water partition coefficient (Wildman–Crippen LogP) is 6.07. The van der Waals surface area contributed by atoms with E-state index in [-0.39, 0.29) is 36.9 Å². The van der Waals surface area contributed by atoms with Gasteiger partial charge in [0.25, 0.3) is 0 Å². The third-order valence-corrected chi connectivity index (χ3v) is 8.05. The standard InChI is InChI=1S/C25H24Cl2F4N2O2/c1-14(2)22(34)33-12-24(13-33)18-4-3-17(7-15(18)10-35-24)32-6-5-23(11-32,25(29,30)31)16-8-19(26)21(28)20(27)9-16/h3-4,7-9,14H,5-6,10-13H2,1-2H3. The Kier molecular flexibility index (Phi) is 5.81. The number of likely N-dealkylation sites (tertiary alicyclic amines) is 1. The van der Waals surface area contributed by atoms with E-state index in [2.05, 4.69) is 0 Å². The van der Waals surface area contributed by atoms with Crippen LogP contribution in [0, 0.1) is 11.7 Å². The highest BCUT2D eigenvalue weighted by atomic mass is 35.5. The number of benzene rings is 2. The maximum atomic E-state index is 14.4. The normalized spacial score (nSPS) is 23.2. The molecule has 1 atom stereocenters. The first-order valence-electron chi connectivity index (χ1n) is 11.4. The summed E-state index contributed by atoms with van der Waals surface area (Å²) >= 11 is 11.7. The Bertz CT molecular complexity index is 1170. The van der Waals surface area contributed by atoms with Gasteiger partial charge in [0.1, 0.15) is 11.0 Å². The van der Waals surface area contributed by atoms with Crippen molar-refractivity contribution in [2.24, 2.45) is 5.92 Å². The first kappa shape index (κ1) is 24.7. The lowest BCUT2D eigenvalue weighted by atomic mass is 9.79. The number of hydrogen-bond acceptors (Lipinski definition) is 3. The molecule has 3 aliphatic heterocycles. The van der Waals surface area contributed by atoms with Gasteiger partial charge >= 0.3 is 6.18 Å². The molecule has 0 radical (unpaired) electrons. The summed E-state index contributed by atoms with van der Waals surface area (Å²) < 4.78 is 63.3. The lowest BCUT2D eigenvalue weighted by molar-refractivity contribution is -0.184. The van der Waals surface area contributed by atoms with E-state index in [1.165, 1.54) is 0 Å². The number of halogens is 6. The van der Waals surface area contributed by atoms with Crippen molar-refractivity contribution in [1.29, 1.82) is 0 Å². The van der Waals surface area contributed by atoms with Crippen LogP contribution in [0.5, 0.6) is 0 Å². The second-order valence-electron chi connectivity index (χ2n) is 9.98. The number of amides is 1. The van der Waals surface area contributed by atoms with E-state index in [0.29, 0.717) is 25.4 Å². The Hall–Kier alpha value is -2.03. The summed E-state index contributed by atoms with van der Waals surface area (Å²) in [6.45, 7) is 4.83. The van der Waals surface area contributed by atoms with Crippen molar-refractivity contribution in [3.05, 3.63) is 62.9 Å². The van der Waals surface area contributed by atoms with Gasteiger partial charge in [0, 0.05) is 24.7 Å². The molecular weight excluding hydrogens is 507 g/mol. The molecule has 0 N–H and O–H groups in total. The number of alkyl halides is 3. The fraction of sp³-hybridized carbons (Fsp3) is 0.480. The highest BCUT2D eigenvalue weighted by Gasteiger charge is 2.59. The molecule has 0 bridgehead atoms. The van der Waals surface area contributed by atoms with Gasteiger partial charge in [-0.15, -0.1) is 0 Å². The molecule has 2 saturated heterocycles. The van der Waals surface area contributed by atoms with Crippen molar-refractivity contribution >= 4 is 34.8 Å². The molecule has 0 aliphatic carbocycles. The van der Waals surface area contributed by atoms with Gasteiger partial charge in [-0.25, -0.2) is 4.39 Å². The number of nitrogens with zero attached hydrogens (tertiary/aromatic N) is 2. The zero-order valence-electron chi connectivity index (χ0n) is 19.2. The number of fused-ring (bicyclic) bond motifs is 2. The van der Waals surface area contributed by atoms with Gasteiger partial charge in [-0.3, -0.25) is 4.79 Å². The number of ether oxygens (including phenoxy) is 1. The van der Waals surface area contributed by atoms with Crippen molar-refractivity contribution in [3.63, 3.8) is 0 Å². The Labute approximate surface area is 210 Å². The zero-order valence-corrected chi connectivity index (χ0v) is 20.7. The number of carbonyl (C=O) groups is 1. The van der Waals surface area contributed by atoms with Gasteiger partial charge in [0.15, 0.2) is 5.82 Å². The van der Waals surface area contributed by atoms with Gasteiger partial charge in [-0.1, -0.05) is 43.1 Å². The number of rotatable bonds is 3. The molecule has 188 valence electrons. The molecule has 2 fully saturated rings. The second-order valence-corrected chi connectivity index (χ2v) is 10.8. The molecule has 1 unspecified atom stereocenters. The van der Waals surface area contributed by atoms with E-state index in [0.717, 1.165) is 23.3 Å². The molecule has 2 aromatic carbocycles. The first-order valence-corrected chi connectivity index (χ1v) is 12.2. The Morgan fingerprint density at radius 1 is 1.09 bits per heavy atom. The van der Waals surface area contributed by atoms with Crippen LogP contribution >= 0.6 is 23.2 Å². The Morgan fingerprint density at radius 2 is 1.74 bits per heavy atom. The summed E-state index contributed by atoms with van der Waals surface area (Å²) in [6, 6.07) is 7.63. The highest BCUT2D eigenvalue weighted by molar-refractivity contribution is 6.35. The molecule has 1 spiro atoms. The van der Waals surface area contributed by atoms with Gasteiger partial charge in [0.05, 0.1) is 29.7 Å². The second kappa shape index (κ2) is 8.25. The summed E-state index contributed by atoms with van der Waals surface area (Å²) in [6.07, 6.45) is -4.80.